The molecule has 2 amide bonds. The summed E-state index contributed by atoms with van der Waals surface area (Å²) in [5.74, 6) is -0.237. The second-order valence-electron chi connectivity index (χ2n) is 6.31. The number of amides is 2. The van der Waals surface area contributed by atoms with Crippen molar-refractivity contribution in [3.8, 4) is 0 Å². The van der Waals surface area contributed by atoms with Gasteiger partial charge in [-0.1, -0.05) is 0 Å². The van der Waals surface area contributed by atoms with Gasteiger partial charge in [0.25, 0.3) is 5.91 Å². The lowest BCUT2D eigenvalue weighted by Crippen LogP contribution is -2.53. The third-order valence-corrected chi connectivity index (χ3v) is 4.84. The number of carbonyl (C=O) groups is 3. The second kappa shape index (κ2) is 5.62. The molecule has 0 spiro atoms. The fourth-order valence-electron chi connectivity index (χ4n) is 3.63. The summed E-state index contributed by atoms with van der Waals surface area (Å²) in [6.07, 6.45) is -0.218. The van der Waals surface area contributed by atoms with Crippen LogP contribution in [0.5, 0.6) is 0 Å². The monoisotopic (exact) mass is 310 g/mol. The van der Waals surface area contributed by atoms with E-state index in [0.29, 0.717) is 19.5 Å². The summed E-state index contributed by atoms with van der Waals surface area (Å²) >= 11 is 0. The summed E-state index contributed by atoms with van der Waals surface area (Å²) in [7, 11) is 0. The number of Topliss-reactive ketones (excluding diaryl/α,β-unsaturated/α-hetero) is 1. The molecule has 0 aromatic heterocycles. The van der Waals surface area contributed by atoms with Gasteiger partial charge in [0.05, 0.1) is 18.6 Å². The van der Waals surface area contributed by atoms with E-state index in [9.17, 15) is 14.4 Å². The van der Waals surface area contributed by atoms with Crippen molar-refractivity contribution in [2.75, 3.05) is 13.1 Å². The Labute approximate surface area is 129 Å². The van der Waals surface area contributed by atoms with Gasteiger partial charge < -0.3 is 19.3 Å². The highest BCUT2D eigenvalue weighted by molar-refractivity contribution is 5.90. The Morgan fingerprint density at radius 3 is 2.45 bits per heavy atom. The van der Waals surface area contributed by atoms with E-state index in [1.807, 2.05) is 6.92 Å². The fourth-order valence-corrected chi connectivity index (χ4v) is 3.63. The van der Waals surface area contributed by atoms with Crippen LogP contribution in [0.3, 0.4) is 0 Å². The van der Waals surface area contributed by atoms with Crippen molar-refractivity contribution in [2.24, 2.45) is 0 Å². The second-order valence-corrected chi connectivity index (χ2v) is 6.31. The third kappa shape index (κ3) is 2.42. The highest BCUT2D eigenvalue weighted by Crippen LogP contribution is 2.32. The lowest BCUT2D eigenvalue weighted by atomic mass is 10.1. The lowest BCUT2D eigenvalue weighted by molar-refractivity contribution is -0.164. The maximum atomic E-state index is 12.8. The zero-order valence-corrected chi connectivity index (χ0v) is 13.2. The molecule has 0 saturated carbocycles. The molecule has 2 bridgehead atoms. The van der Waals surface area contributed by atoms with Crippen molar-refractivity contribution in [3.63, 3.8) is 0 Å². The average Bonchev–Trinajstić information content (AvgIpc) is 3.07. The molecule has 7 nitrogen and oxygen atoms in total. The van der Waals surface area contributed by atoms with Crippen LogP contribution in [0.4, 0.5) is 0 Å². The standard InChI is InChI=1S/C15H22N2O5/c1-8-15-21-12(7-17(8)10(3)19)13(22-15)14(20)16-6-4-5-11(16)9(2)18/h8,11-13,15H,4-7H2,1-3H3/t8?,11-,12?,13?,15?/m0/s1. The summed E-state index contributed by atoms with van der Waals surface area (Å²) in [4.78, 5) is 39.4. The van der Waals surface area contributed by atoms with Gasteiger partial charge in [0.15, 0.2) is 18.2 Å². The van der Waals surface area contributed by atoms with Gasteiger partial charge in [0, 0.05) is 13.5 Å². The zero-order valence-electron chi connectivity index (χ0n) is 13.2. The van der Waals surface area contributed by atoms with Crippen LogP contribution in [0.1, 0.15) is 33.6 Å². The summed E-state index contributed by atoms with van der Waals surface area (Å²) in [6, 6.07) is -0.563. The van der Waals surface area contributed by atoms with Crippen molar-refractivity contribution in [2.45, 2.75) is 64.2 Å². The fraction of sp³-hybridized carbons (Fsp3) is 0.800. The van der Waals surface area contributed by atoms with Crippen LogP contribution in [0.15, 0.2) is 0 Å². The van der Waals surface area contributed by atoms with Gasteiger partial charge in [-0.25, -0.2) is 0 Å². The summed E-state index contributed by atoms with van der Waals surface area (Å²) in [5.41, 5.74) is 0. The summed E-state index contributed by atoms with van der Waals surface area (Å²) in [5, 5.41) is 0. The molecule has 0 radical (unpaired) electrons. The molecule has 3 fully saturated rings. The number of carbonyl (C=O) groups excluding carboxylic acids is 3. The van der Waals surface area contributed by atoms with E-state index in [-0.39, 0.29) is 29.7 Å². The van der Waals surface area contributed by atoms with Crippen molar-refractivity contribution in [1.29, 1.82) is 0 Å². The molecule has 3 aliphatic rings. The highest BCUT2D eigenvalue weighted by Gasteiger charge is 2.52. The molecule has 0 aromatic rings. The molecular formula is C15H22N2O5. The smallest absolute Gasteiger partial charge is 0.255 e. The van der Waals surface area contributed by atoms with E-state index in [2.05, 4.69) is 0 Å². The summed E-state index contributed by atoms with van der Waals surface area (Å²) in [6.45, 7) is 5.79. The Hall–Kier alpha value is -1.47. The van der Waals surface area contributed by atoms with Crippen LogP contribution in [-0.2, 0) is 23.9 Å². The topological polar surface area (TPSA) is 76.2 Å². The van der Waals surface area contributed by atoms with Crippen molar-refractivity contribution in [1.82, 2.24) is 9.80 Å². The van der Waals surface area contributed by atoms with E-state index in [1.54, 1.807) is 9.80 Å². The minimum Gasteiger partial charge on any atom is -0.342 e. The van der Waals surface area contributed by atoms with Gasteiger partial charge in [-0.3, -0.25) is 14.4 Å². The van der Waals surface area contributed by atoms with E-state index in [1.165, 1.54) is 13.8 Å². The molecule has 0 N–H and O–H groups in total. The molecule has 0 aromatic carbocycles. The number of ether oxygens (including phenoxy) is 2. The zero-order chi connectivity index (χ0) is 16.0. The average molecular weight is 310 g/mol. The predicted molar refractivity (Wildman–Crippen MR) is 75.8 cm³/mol. The summed E-state index contributed by atoms with van der Waals surface area (Å²) < 4.78 is 11.5. The van der Waals surface area contributed by atoms with Crippen LogP contribution >= 0.6 is 0 Å². The van der Waals surface area contributed by atoms with Gasteiger partial charge in [-0.2, -0.15) is 0 Å². The lowest BCUT2D eigenvalue weighted by Gasteiger charge is -2.36. The highest BCUT2D eigenvalue weighted by atomic mass is 16.7. The largest absolute Gasteiger partial charge is 0.342 e. The molecular weight excluding hydrogens is 288 g/mol. The molecule has 3 aliphatic heterocycles. The molecule has 7 heteroatoms. The van der Waals surface area contributed by atoms with Gasteiger partial charge in [-0.05, 0) is 26.7 Å². The maximum Gasteiger partial charge on any atom is 0.255 e. The third-order valence-electron chi connectivity index (χ3n) is 4.84. The van der Waals surface area contributed by atoms with Gasteiger partial charge in [0.1, 0.15) is 6.10 Å². The number of fused-ring (bicyclic) bond motifs is 2. The molecule has 0 aliphatic carbocycles. The molecule has 3 saturated heterocycles. The maximum absolute atomic E-state index is 12.8. The first kappa shape index (κ1) is 15.4. The van der Waals surface area contributed by atoms with Crippen LogP contribution in [0.25, 0.3) is 0 Å². The Kier molecular flexibility index (Phi) is 3.94. The number of hydrogen-bond acceptors (Lipinski definition) is 5. The first-order chi connectivity index (χ1) is 10.4. The van der Waals surface area contributed by atoms with Crippen LogP contribution < -0.4 is 0 Å². The molecule has 4 unspecified atom stereocenters. The minimum atomic E-state index is -0.725. The molecule has 22 heavy (non-hydrogen) atoms. The van der Waals surface area contributed by atoms with E-state index < -0.39 is 18.5 Å². The van der Waals surface area contributed by atoms with E-state index >= 15 is 0 Å². The Morgan fingerprint density at radius 1 is 1.09 bits per heavy atom. The SMILES string of the molecule is CC(=O)[C@@H]1CCCN1C(=O)C1OC2OC1CN(C(C)=O)C2C. The Morgan fingerprint density at radius 2 is 1.82 bits per heavy atom. The number of likely N-dealkylation sites (tertiary alicyclic amines) is 1. The predicted octanol–water partition coefficient (Wildman–Crippen LogP) is -0.0729. The minimum absolute atomic E-state index is 0.00599. The van der Waals surface area contributed by atoms with Gasteiger partial charge in [-0.15, -0.1) is 0 Å². The number of morpholine rings is 1. The van der Waals surface area contributed by atoms with Crippen LogP contribution in [0.2, 0.25) is 0 Å². The molecule has 3 rings (SSSR count). The van der Waals surface area contributed by atoms with Crippen LogP contribution in [-0.4, -0.2) is 71.1 Å². The number of hydrogen-bond donors (Lipinski definition) is 0. The molecule has 122 valence electrons. The van der Waals surface area contributed by atoms with Crippen LogP contribution in [0, 0.1) is 0 Å². The number of rotatable bonds is 2. The van der Waals surface area contributed by atoms with Crippen molar-refractivity contribution >= 4 is 17.6 Å². The normalized spacial score (nSPS) is 37.5. The number of ketones is 1. The molecule has 3 heterocycles. The number of nitrogens with zero attached hydrogens (tertiary/aromatic N) is 2. The van der Waals surface area contributed by atoms with Gasteiger partial charge in [0.2, 0.25) is 5.91 Å². The Balaban J connectivity index is 1.75. The first-order valence-electron chi connectivity index (χ1n) is 7.79. The van der Waals surface area contributed by atoms with E-state index in [0.717, 1.165) is 6.42 Å². The first-order valence-corrected chi connectivity index (χ1v) is 7.79. The van der Waals surface area contributed by atoms with E-state index in [4.69, 9.17) is 9.47 Å². The molecule has 5 atom stereocenters. The van der Waals surface area contributed by atoms with Crippen molar-refractivity contribution in [3.05, 3.63) is 0 Å². The van der Waals surface area contributed by atoms with Crippen molar-refractivity contribution < 1.29 is 23.9 Å². The quantitative estimate of drug-likeness (QED) is 0.713. The van der Waals surface area contributed by atoms with Gasteiger partial charge >= 0.3 is 0 Å². The Bertz CT molecular complexity index is 508.